The monoisotopic (exact) mass is 389 g/mol. The SMILES string of the molecule is CCCc1nc(COCC(F)(F)F)nc(NC)c1I. The zero-order valence-corrected chi connectivity index (χ0v) is 12.8. The molecule has 108 valence electrons. The predicted octanol–water partition coefficient (Wildman–Crippen LogP) is 3.15. The van der Waals surface area contributed by atoms with Gasteiger partial charge in [-0.2, -0.15) is 13.2 Å². The first kappa shape index (κ1) is 16.4. The smallest absolute Gasteiger partial charge is 0.372 e. The topological polar surface area (TPSA) is 47.0 Å². The molecule has 1 N–H and O–H groups in total. The number of ether oxygens (including phenoxy) is 1. The van der Waals surface area contributed by atoms with Crippen molar-refractivity contribution in [3.8, 4) is 0 Å². The van der Waals surface area contributed by atoms with Crippen molar-refractivity contribution in [2.24, 2.45) is 0 Å². The third kappa shape index (κ3) is 5.47. The van der Waals surface area contributed by atoms with Crippen LogP contribution in [0.4, 0.5) is 19.0 Å². The van der Waals surface area contributed by atoms with Crippen molar-refractivity contribution < 1.29 is 17.9 Å². The zero-order chi connectivity index (χ0) is 14.5. The summed E-state index contributed by atoms with van der Waals surface area (Å²) in [6.07, 6.45) is -2.68. The highest BCUT2D eigenvalue weighted by Crippen LogP contribution is 2.21. The first-order valence-electron chi connectivity index (χ1n) is 5.75. The Morgan fingerprint density at radius 3 is 2.53 bits per heavy atom. The molecule has 1 heterocycles. The van der Waals surface area contributed by atoms with Crippen LogP contribution in [-0.4, -0.2) is 29.8 Å². The van der Waals surface area contributed by atoms with Gasteiger partial charge in [-0.25, -0.2) is 9.97 Å². The zero-order valence-electron chi connectivity index (χ0n) is 10.6. The van der Waals surface area contributed by atoms with E-state index in [1.165, 1.54) is 0 Å². The van der Waals surface area contributed by atoms with Gasteiger partial charge in [0.05, 0.1) is 9.26 Å². The lowest BCUT2D eigenvalue weighted by Gasteiger charge is -2.11. The number of alkyl halides is 3. The summed E-state index contributed by atoms with van der Waals surface area (Å²) in [4.78, 5) is 8.37. The number of halogens is 4. The minimum atomic E-state index is -4.33. The van der Waals surface area contributed by atoms with Crippen molar-refractivity contribution in [3.05, 3.63) is 15.1 Å². The van der Waals surface area contributed by atoms with Crippen LogP contribution in [0.25, 0.3) is 0 Å². The number of nitrogens with one attached hydrogen (secondary N) is 1. The molecule has 8 heteroatoms. The number of hydrogen-bond acceptors (Lipinski definition) is 4. The second-order valence-electron chi connectivity index (χ2n) is 3.86. The van der Waals surface area contributed by atoms with Gasteiger partial charge in [-0.05, 0) is 29.0 Å². The van der Waals surface area contributed by atoms with Crippen molar-refractivity contribution in [1.29, 1.82) is 0 Å². The van der Waals surface area contributed by atoms with E-state index in [9.17, 15) is 13.2 Å². The van der Waals surface area contributed by atoms with Crippen molar-refractivity contribution in [2.75, 3.05) is 19.0 Å². The van der Waals surface area contributed by atoms with E-state index in [4.69, 9.17) is 0 Å². The van der Waals surface area contributed by atoms with Crippen molar-refractivity contribution in [2.45, 2.75) is 32.5 Å². The minimum Gasteiger partial charge on any atom is -0.372 e. The summed E-state index contributed by atoms with van der Waals surface area (Å²) in [6, 6.07) is 0. The van der Waals surface area contributed by atoms with Gasteiger partial charge in [0, 0.05) is 7.05 Å². The quantitative estimate of drug-likeness (QED) is 0.760. The standard InChI is InChI=1S/C11H15F3IN3O/c1-3-4-7-9(15)10(16-2)18-8(17-7)5-19-6-11(12,13)14/h3-6H2,1-2H3,(H,16,17,18). The summed E-state index contributed by atoms with van der Waals surface area (Å²) in [5.41, 5.74) is 0.827. The molecule has 4 nitrogen and oxygen atoms in total. The average molecular weight is 389 g/mol. The lowest BCUT2D eigenvalue weighted by Crippen LogP contribution is -2.18. The predicted molar refractivity (Wildman–Crippen MR) is 74.0 cm³/mol. The summed E-state index contributed by atoms with van der Waals surface area (Å²) >= 11 is 2.12. The van der Waals surface area contributed by atoms with Crippen LogP contribution >= 0.6 is 22.6 Å². The molecule has 0 amide bonds. The van der Waals surface area contributed by atoms with Crippen LogP contribution in [0.5, 0.6) is 0 Å². The molecule has 0 aliphatic heterocycles. The molecule has 0 atom stereocenters. The molecule has 1 rings (SSSR count). The molecule has 0 aromatic carbocycles. The molecule has 0 unspecified atom stereocenters. The van der Waals surface area contributed by atoms with E-state index in [1.807, 2.05) is 6.92 Å². The fourth-order valence-corrected chi connectivity index (χ4v) is 2.22. The summed E-state index contributed by atoms with van der Waals surface area (Å²) in [5.74, 6) is 0.877. The fraction of sp³-hybridized carbons (Fsp3) is 0.636. The van der Waals surface area contributed by atoms with Gasteiger partial charge < -0.3 is 10.1 Å². The van der Waals surface area contributed by atoms with Gasteiger partial charge in [0.25, 0.3) is 0 Å². The summed E-state index contributed by atoms with van der Waals surface area (Å²) in [5, 5.41) is 2.90. The highest BCUT2D eigenvalue weighted by molar-refractivity contribution is 14.1. The number of rotatable bonds is 6. The average Bonchev–Trinajstić information content (AvgIpc) is 2.31. The van der Waals surface area contributed by atoms with E-state index in [1.54, 1.807) is 7.05 Å². The lowest BCUT2D eigenvalue weighted by molar-refractivity contribution is -0.177. The van der Waals surface area contributed by atoms with Crippen molar-refractivity contribution >= 4 is 28.4 Å². The van der Waals surface area contributed by atoms with E-state index in [0.717, 1.165) is 22.1 Å². The number of aromatic nitrogens is 2. The van der Waals surface area contributed by atoms with Gasteiger partial charge in [0.15, 0.2) is 5.82 Å². The van der Waals surface area contributed by atoms with Gasteiger partial charge in [-0.1, -0.05) is 13.3 Å². The summed E-state index contributed by atoms with van der Waals surface area (Å²) in [6.45, 7) is 0.471. The fourth-order valence-electron chi connectivity index (χ4n) is 1.44. The summed E-state index contributed by atoms with van der Waals surface area (Å²) < 4.78 is 41.4. The maximum Gasteiger partial charge on any atom is 0.411 e. The van der Waals surface area contributed by atoms with Crippen LogP contribution in [0, 0.1) is 3.57 Å². The van der Waals surface area contributed by atoms with E-state index in [2.05, 4.69) is 42.6 Å². The number of anilines is 1. The third-order valence-corrected chi connectivity index (χ3v) is 3.32. The van der Waals surface area contributed by atoms with Crippen LogP contribution in [0.15, 0.2) is 0 Å². The van der Waals surface area contributed by atoms with Gasteiger partial charge in [-0.15, -0.1) is 0 Å². The molecule has 1 aromatic heterocycles. The Morgan fingerprint density at radius 2 is 2.00 bits per heavy atom. The molecule has 0 saturated heterocycles. The molecular formula is C11H15F3IN3O. The molecule has 0 aliphatic carbocycles. The highest BCUT2D eigenvalue weighted by Gasteiger charge is 2.27. The second-order valence-corrected chi connectivity index (χ2v) is 4.94. The molecule has 19 heavy (non-hydrogen) atoms. The van der Waals surface area contributed by atoms with Crippen LogP contribution in [0.3, 0.4) is 0 Å². The van der Waals surface area contributed by atoms with Crippen molar-refractivity contribution in [1.82, 2.24) is 9.97 Å². The van der Waals surface area contributed by atoms with E-state index < -0.39 is 12.8 Å². The highest BCUT2D eigenvalue weighted by atomic mass is 127. The van der Waals surface area contributed by atoms with Crippen LogP contribution in [0.2, 0.25) is 0 Å². The molecule has 0 saturated carbocycles. The van der Waals surface area contributed by atoms with Gasteiger partial charge in [0.2, 0.25) is 0 Å². The van der Waals surface area contributed by atoms with Gasteiger partial charge in [-0.3, -0.25) is 0 Å². The van der Waals surface area contributed by atoms with Gasteiger partial charge in [0.1, 0.15) is 19.0 Å². The Hall–Kier alpha value is -0.640. The second kappa shape index (κ2) is 7.22. The van der Waals surface area contributed by atoms with E-state index in [0.29, 0.717) is 5.82 Å². The molecule has 1 aromatic rings. The molecule has 0 radical (unpaired) electrons. The molecular weight excluding hydrogens is 374 g/mol. The summed E-state index contributed by atoms with van der Waals surface area (Å²) in [7, 11) is 1.71. The normalized spacial score (nSPS) is 11.7. The molecule has 0 aliphatic rings. The van der Waals surface area contributed by atoms with Crippen molar-refractivity contribution in [3.63, 3.8) is 0 Å². The Balaban J connectivity index is 2.80. The van der Waals surface area contributed by atoms with Crippen LogP contribution < -0.4 is 5.32 Å². The van der Waals surface area contributed by atoms with E-state index in [-0.39, 0.29) is 12.4 Å². The first-order chi connectivity index (χ1) is 8.87. The number of nitrogens with zero attached hydrogens (tertiary/aromatic N) is 2. The Labute approximate surface area is 123 Å². The first-order valence-corrected chi connectivity index (χ1v) is 6.82. The van der Waals surface area contributed by atoms with Crippen LogP contribution in [-0.2, 0) is 17.8 Å². The minimum absolute atomic E-state index is 0.248. The molecule has 0 bridgehead atoms. The molecule has 0 spiro atoms. The third-order valence-electron chi connectivity index (χ3n) is 2.19. The molecule has 0 fully saturated rings. The van der Waals surface area contributed by atoms with E-state index >= 15 is 0 Å². The Bertz CT molecular complexity index is 426. The van der Waals surface area contributed by atoms with Crippen LogP contribution in [0.1, 0.15) is 24.9 Å². The lowest BCUT2D eigenvalue weighted by atomic mass is 10.2. The maximum atomic E-state index is 12.0. The number of hydrogen-bond donors (Lipinski definition) is 1. The maximum absolute atomic E-state index is 12.0. The van der Waals surface area contributed by atoms with Gasteiger partial charge >= 0.3 is 6.18 Å². The Morgan fingerprint density at radius 1 is 1.32 bits per heavy atom. The Kier molecular flexibility index (Phi) is 6.24. The number of aryl methyl sites for hydroxylation is 1. The largest absolute Gasteiger partial charge is 0.411 e.